The summed E-state index contributed by atoms with van der Waals surface area (Å²) in [6, 6.07) is 6.35. The topological polar surface area (TPSA) is 35.2 Å². The number of hydrogen-bond donors (Lipinski definition) is 1. The monoisotopic (exact) mass is 247 g/mol. The molecule has 2 rings (SSSR count). The summed E-state index contributed by atoms with van der Waals surface area (Å²) in [4.78, 5) is 0. The van der Waals surface area contributed by atoms with Crippen LogP contribution >= 0.6 is 0 Å². The molecular weight excluding hydrogens is 222 g/mol. The van der Waals surface area contributed by atoms with Crippen LogP contribution in [0, 0.1) is 12.8 Å². The van der Waals surface area contributed by atoms with E-state index in [1.165, 1.54) is 31.2 Å². The molecule has 0 aromatic heterocycles. The first-order chi connectivity index (χ1) is 8.56. The largest absolute Gasteiger partial charge is 0.490 e. The minimum atomic E-state index is 0.0300. The summed E-state index contributed by atoms with van der Waals surface area (Å²) in [7, 11) is 0. The molecular formula is C16H25NO. The van der Waals surface area contributed by atoms with Crippen molar-refractivity contribution in [2.45, 2.75) is 58.6 Å². The highest BCUT2D eigenvalue weighted by Gasteiger charge is 2.20. The van der Waals surface area contributed by atoms with Gasteiger partial charge in [0.05, 0.1) is 6.10 Å². The van der Waals surface area contributed by atoms with Crippen LogP contribution in [-0.2, 0) is 0 Å². The SMILES string of the molecule is Cc1ccc(OC2CCC(C)CC2)c(C(C)N)c1. The van der Waals surface area contributed by atoms with Gasteiger partial charge in [-0.05, 0) is 51.5 Å². The molecule has 2 nitrogen and oxygen atoms in total. The van der Waals surface area contributed by atoms with Crippen molar-refractivity contribution in [1.82, 2.24) is 0 Å². The predicted octanol–water partition coefficient (Wildman–Crippen LogP) is 3.97. The molecule has 1 aromatic rings. The number of rotatable bonds is 3. The van der Waals surface area contributed by atoms with Crippen LogP contribution < -0.4 is 10.5 Å². The first kappa shape index (κ1) is 13.4. The molecule has 1 saturated carbocycles. The lowest BCUT2D eigenvalue weighted by atomic mass is 9.89. The van der Waals surface area contributed by atoms with Gasteiger partial charge in [0.15, 0.2) is 0 Å². The van der Waals surface area contributed by atoms with E-state index in [1.54, 1.807) is 0 Å². The second kappa shape index (κ2) is 5.75. The zero-order valence-electron chi connectivity index (χ0n) is 11.8. The predicted molar refractivity (Wildman–Crippen MR) is 75.8 cm³/mol. The van der Waals surface area contributed by atoms with E-state index in [0.29, 0.717) is 6.10 Å². The molecule has 18 heavy (non-hydrogen) atoms. The van der Waals surface area contributed by atoms with Gasteiger partial charge in [0, 0.05) is 11.6 Å². The van der Waals surface area contributed by atoms with Crippen LogP contribution in [0.5, 0.6) is 5.75 Å². The standard InChI is InChI=1S/C16H25NO/c1-11-4-7-14(8-5-11)18-16-9-6-12(2)10-15(16)13(3)17/h6,9-11,13-14H,4-5,7-8,17H2,1-3H3. The van der Waals surface area contributed by atoms with Crippen LogP contribution in [0.1, 0.15) is 56.7 Å². The molecule has 1 aromatic carbocycles. The van der Waals surface area contributed by atoms with Gasteiger partial charge in [-0.2, -0.15) is 0 Å². The molecule has 1 aliphatic rings. The molecule has 1 fully saturated rings. The van der Waals surface area contributed by atoms with Crippen LogP contribution in [0.4, 0.5) is 0 Å². The van der Waals surface area contributed by atoms with Gasteiger partial charge in [-0.3, -0.25) is 0 Å². The molecule has 2 heteroatoms. The zero-order chi connectivity index (χ0) is 13.1. The van der Waals surface area contributed by atoms with Crippen molar-refractivity contribution in [1.29, 1.82) is 0 Å². The van der Waals surface area contributed by atoms with E-state index in [4.69, 9.17) is 10.5 Å². The highest BCUT2D eigenvalue weighted by Crippen LogP contribution is 2.31. The zero-order valence-corrected chi connectivity index (χ0v) is 11.8. The summed E-state index contributed by atoms with van der Waals surface area (Å²) in [6.45, 7) is 6.44. The Kier molecular flexibility index (Phi) is 4.28. The molecule has 0 radical (unpaired) electrons. The Hall–Kier alpha value is -1.02. The lowest BCUT2D eigenvalue weighted by molar-refractivity contribution is 0.134. The Morgan fingerprint density at radius 3 is 2.50 bits per heavy atom. The second-order valence-corrected chi connectivity index (χ2v) is 5.83. The molecule has 0 heterocycles. The van der Waals surface area contributed by atoms with Crippen molar-refractivity contribution >= 4 is 0 Å². The van der Waals surface area contributed by atoms with Gasteiger partial charge in [0.25, 0.3) is 0 Å². The van der Waals surface area contributed by atoms with Crippen molar-refractivity contribution in [3.63, 3.8) is 0 Å². The van der Waals surface area contributed by atoms with Crippen molar-refractivity contribution in [3.05, 3.63) is 29.3 Å². The van der Waals surface area contributed by atoms with Crippen LogP contribution in [0.2, 0.25) is 0 Å². The third-order valence-electron chi connectivity index (χ3n) is 3.91. The second-order valence-electron chi connectivity index (χ2n) is 5.83. The summed E-state index contributed by atoms with van der Waals surface area (Å²) in [5.41, 5.74) is 8.41. The number of aryl methyl sites for hydroxylation is 1. The Morgan fingerprint density at radius 1 is 1.22 bits per heavy atom. The van der Waals surface area contributed by atoms with Gasteiger partial charge in [-0.15, -0.1) is 0 Å². The highest BCUT2D eigenvalue weighted by molar-refractivity contribution is 5.38. The van der Waals surface area contributed by atoms with Crippen LogP contribution in [0.3, 0.4) is 0 Å². The first-order valence-electron chi connectivity index (χ1n) is 7.09. The average molecular weight is 247 g/mol. The van der Waals surface area contributed by atoms with Crippen molar-refractivity contribution in [2.24, 2.45) is 11.7 Å². The number of ether oxygens (including phenoxy) is 1. The summed E-state index contributed by atoms with van der Waals surface area (Å²) < 4.78 is 6.17. The molecule has 2 N–H and O–H groups in total. The maximum Gasteiger partial charge on any atom is 0.124 e. The van der Waals surface area contributed by atoms with E-state index in [0.717, 1.165) is 17.2 Å². The normalized spacial score (nSPS) is 25.8. The molecule has 100 valence electrons. The van der Waals surface area contributed by atoms with Crippen molar-refractivity contribution in [2.75, 3.05) is 0 Å². The lowest BCUT2D eigenvalue weighted by Gasteiger charge is -2.28. The van der Waals surface area contributed by atoms with Gasteiger partial charge in [-0.1, -0.05) is 24.6 Å². The highest BCUT2D eigenvalue weighted by atomic mass is 16.5. The Balaban J connectivity index is 2.09. The van der Waals surface area contributed by atoms with E-state index in [2.05, 4.69) is 32.0 Å². The van der Waals surface area contributed by atoms with E-state index in [1.807, 2.05) is 6.92 Å². The lowest BCUT2D eigenvalue weighted by Crippen LogP contribution is -2.24. The quantitative estimate of drug-likeness (QED) is 0.877. The fraction of sp³-hybridized carbons (Fsp3) is 0.625. The fourth-order valence-electron chi connectivity index (χ4n) is 2.66. The number of nitrogens with two attached hydrogens (primary N) is 1. The molecule has 0 aliphatic heterocycles. The van der Waals surface area contributed by atoms with Crippen LogP contribution in [0.25, 0.3) is 0 Å². The third-order valence-corrected chi connectivity index (χ3v) is 3.91. The minimum absolute atomic E-state index is 0.0300. The van der Waals surface area contributed by atoms with E-state index >= 15 is 0 Å². The maximum atomic E-state index is 6.17. The minimum Gasteiger partial charge on any atom is -0.490 e. The van der Waals surface area contributed by atoms with Crippen molar-refractivity contribution in [3.8, 4) is 5.75 Å². The van der Waals surface area contributed by atoms with Gasteiger partial charge < -0.3 is 10.5 Å². The average Bonchev–Trinajstić information content (AvgIpc) is 2.34. The summed E-state index contributed by atoms with van der Waals surface area (Å²) in [5, 5.41) is 0. The number of benzene rings is 1. The third kappa shape index (κ3) is 3.26. The smallest absolute Gasteiger partial charge is 0.124 e. The molecule has 1 unspecified atom stereocenters. The fourth-order valence-corrected chi connectivity index (χ4v) is 2.66. The van der Waals surface area contributed by atoms with Crippen molar-refractivity contribution < 1.29 is 4.74 Å². The van der Waals surface area contributed by atoms with Gasteiger partial charge in [0.1, 0.15) is 5.75 Å². The van der Waals surface area contributed by atoms with E-state index in [9.17, 15) is 0 Å². The van der Waals surface area contributed by atoms with Gasteiger partial charge in [-0.25, -0.2) is 0 Å². The first-order valence-corrected chi connectivity index (χ1v) is 7.09. The Morgan fingerprint density at radius 2 is 1.89 bits per heavy atom. The summed E-state index contributed by atoms with van der Waals surface area (Å²) in [5.74, 6) is 1.84. The molecule has 0 saturated heterocycles. The molecule has 0 spiro atoms. The summed E-state index contributed by atoms with van der Waals surface area (Å²) in [6.07, 6.45) is 5.29. The molecule has 1 atom stereocenters. The van der Waals surface area contributed by atoms with Crippen LogP contribution in [-0.4, -0.2) is 6.10 Å². The Labute approximate surface area is 111 Å². The van der Waals surface area contributed by atoms with E-state index < -0.39 is 0 Å². The van der Waals surface area contributed by atoms with Gasteiger partial charge >= 0.3 is 0 Å². The molecule has 1 aliphatic carbocycles. The van der Waals surface area contributed by atoms with Crippen LogP contribution in [0.15, 0.2) is 18.2 Å². The molecule has 0 bridgehead atoms. The molecule has 0 amide bonds. The van der Waals surface area contributed by atoms with E-state index in [-0.39, 0.29) is 6.04 Å². The summed E-state index contributed by atoms with van der Waals surface area (Å²) >= 11 is 0. The Bertz CT molecular complexity index is 392. The number of hydrogen-bond acceptors (Lipinski definition) is 2. The van der Waals surface area contributed by atoms with Gasteiger partial charge in [0.2, 0.25) is 0 Å². The maximum absolute atomic E-state index is 6.17.